The summed E-state index contributed by atoms with van der Waals surface area (Å²) in [6.45, 7) is 9.93. The van der Waals surface area contributed by atoms with Crippen LogP contribution < -0.4 is 11.1 Å². The van der Waals surface area contributed by atoms with Crippen molar-refractivity contribution in [1.82, 2.24) is 0 Å². The fourth-order valence-electron chi connectivity index (χ4n) is 2.72. The SMILES string of the molecule is Cc1cc(C)c(C(=O)Nc2c(N)ccc(C)c2C)c(C)c1. The number of anilines is 2. The Hall–Kier alpha value is -2.29. The predicted molar refractivity (Wildman–Crippen MR) is 88.9 cm³/mol. The van der Waals surface area contributed by atoms with Crippen LogP contribution in [-0.2, 0) is 0 Å². The molecule has 0 bridgehead atoms. The van der Waals surface area contributed by atoms with Crippen molar-refractivity contribution in [3.8, 4) is 0 Å². The molecular formula is C18H22N2O. The van der Waals surface area contributed by atoms with Crippen LogP contribution in [0.3, 0.4) is 0 Å². The van der Waals surface area contributed by atoms with Crippen molar-refractivity contribution in [1.29, 1.82) is 0 Å². The highest BCUT2D eigenvalue weighted by molar-refractivity contribution is 6.08. The molecule has 0 atom stereocenters. The monoisotopic (exact) mass is 282 g/mol. The van der Waals surface area contributed by atoms with Crippen LogP contribution in [0.25, 0.3) is 0 Å². The van der Waals surface area contributed by atoms with Gasteiger partial charge in [-0.15, -0.1) is 0 Å². The topological polar surface area (TPSA) is 55.1 Å². The number of nitrogens with two attached hydrogens (primary N) is 1. The van der Waals surface area contributed by atoms with Crippen molar-refractivity contribution in [3.63, 3.8) is 0 Å². The first-order valence-corrected chi connectivity index (χ1v) is 7.06. The third kappa shape index (κ3) is 2.92. The van der Waals surface area contributed by atoms with Crippen molar-refractivity contribution in [3.05, 3.63) is 57.6 Å². The quantitative estimate of drug-likeness (QED) is 0.816. The summed E-state index contributed by atoms with van der Waals surface area (Å²) >= 11 is 0. The van der Waals surface area contributed by atoms with E-state index < -0.39 is 0 Å². The normalized spacial score (nSPS) is 10.5. The molecule has 0 aliphatic rings. The average Bonchev–Trinajstić information content (AvgIpc) is 2.38. The summed E-state index contributed by atoms with van der Waals surface area (Å²) in [5, 5.41) is 2.97. The first-order valence-electron chi connectivity index (χ1n) is 7.06. The van der Waals surface area contributed by atoms with Gasteiger partial charge in [0.1, 0.15) is 0 Å². The maximum absolute atomic E-state index is 12.6. The lowest BCUT2D eigenvalue weighted by atomic mass is 9.98. The molecule has 0 saturated carbocycles. The molecule has 2 aromatic carbocycles. The second-order valence-corrected chi connectivity index (χ2v) is 5.70. The number of hydrogen-bond donors (Lipinski definition) is 2. The van der Waals surface area contributed by atoms with E-state index in [0.717, 1.165) is 33.4 Å². The van der Waals surface area contributed by atoms with Crippen molar-refractivity contribution in [2.45, 2.75) is 34.6 Å². The lowest BCUT2D eigenvalue weighted by molar-refractivity contribution is 0.102. The van der Waals surface area contributed by atoms with Crippen LogP contribution in [0.4, 0.5) is 11.4 Å². The number of rotatable bonds is 2. The molecule has 0 unspecified atom stereocenters. The minimum absolute atomic E-state index is 0.106. The summed E-state index contributed by atoms with van der Waals surface area (Å²) in [6.07, 6.45) is 0. The third-order valence-electron chi connectivity index (χ3n) is 3.91. The van der Waals surface area contributed by atoms with E-state index >= 15 is 0 Å². The molecule has 2 rings (SSSR count). The highest BCUT2D eigenvalue weighted by Crippen LogP contribution is 2.27. The van der Waals surface area contributed by atoms with E-state index in [1.165, 1.54) is 0 Å². The molecule has 2 aromatic rings. The molecule has 0 spiro atoms. The zero-order chi connectivity index (χ0) is 15.7. The third-order valence-corrected chi connectivity index (χ3v) is 3.91. The molecule has 110 valence electrons. The zero-order valence-electron chi connectivity index (χ0n) is 13.3. The van der Waals surface area contributed by atoms with Gasteiger partial charge in [0, 0.05) is 5.56 Å². The number of nitrogens with one attached hydrogen (secondary N) is 1. The Bertz CT molecular complexity index is 694. The summed E-state index contributed by atoms with van der Waals surface area (Å²) in [5.74, 6) is -0.106. The van der Waals surface area contributed by atoms with Crippen molar-refractivity contribution < 1.29 is 4.79 Å². The Labute approximate surface area is 126 Å². The van der Waals surface area contributed by atoms with Gasteiger partial charge >= 0.3 is 0 Å². The van der Waals surface area contributed by atoms with Crippen molar-refractivity contribution >= 4 is 17.3 Å². The zero-order valence-corrected chi connectivity index (χ0v) is 13.3. The van der Waals surface area contributed by atoms with E-state index in [1.54, 1.807) is 0 Å². The lowest BCUT2D eigenvalue weighted by Gasteiger charge is -2.16. The molecule has 0 heterocycles. The molecule has 21 heavy (non-hydrogen) atoms. The highest BCUT2D eigenvalue weighted by Gasteiger charge is 2.15. The summed E-state index contributed by atoms with van der Waals surface area (Å²) in [7, 11) is 0. The van der Waals surface area contributed by atoms with Gasteiger partial charge < -0.3 is 11.1 Å². The van der Waals surface area contributed by atoms with E-state index in [9.17, 15) is 4.79 Å². The molecule has 0 aliphatic heterocycles. The molecule has 0 aliphatic carbocycles. The first kappa shape index (κ1) is 15.1. The molecule has 3 N–H and O–H groups in total. The fourth-order valence-corrected chi connectivity index (χ4v) is 2.72. The van der Waals surface area contributed by atoms with Crippen molar-refractivity contribution in [2.24, 2.45) is 0 Å². The number of aryl methyl sites for hydroxylation is 4. The van der Waals surface area contributed by atoms with Gasteiger partial charge in [-0.2, -0.15) is 0 Å². The van der Waals surface area contributed by atoms with Crippen LogP contribution in [0.15, 0.2) is 24.3 Å². The number of carbonyl (C=O) groups excluding carboxylic acids is 1. The number of hydrogen-bond acceptors (Lipinski definition) is 2. The van der Waals surface area contributed by atoms with E-state index in [4.69, 9.17) is 5.73 Å². The van der Waals surface area contributed by atoms with Gasteiger partial charge in [0.15, 0.2) is 0 Å². The summed E-state index contributed by atoms with van der Waals surface area (Å²) in [5.41, 5.74) is 13.3. The Morgan fingerprint density at radius 3 is 2.10 bits per heavy atom. The van der Waals surface area contributed by atoms with Crippen LogP contribution in [0.5, 0.6) is 0 Å². The summed E-state index contributed by atoms with van der Waals surface area (Å²) < 4.78 is 0. The highest BCUT2D eigenvalue weighted by atomic mass is 16.1. The van der Waals surface area contributed by atoms with E-state index in [1.807, 2.05) is 58.9 Å². The second kappa shape index (κ2) is 5.60. The van der Waals surface area contributed by atoms with Crippen LogP contribution >= 0.6 is 0 Å². The van der Waals surface area contributed by atoms with E-state index in [0.29, 0.717) is 11.4 Å². The summed E-state index contributed by atoms with van der Waals surface area (Å²) in [6, 6.07) is 7.83. The molecule has 3 nitrogen and oxygen atoms in total. The van der Waals surface area contributed by atoms with Gasteiger partial charge in [0.05, 0.1) is 11.4 Å². The van der Waals surface area contributed by atoms with Crippen LogP contribution in [-0.4, -0.2) is 5.91 Å². The average molecular weight is 282 g/mol. The van der Waals surface area contributed by atoms with Gasteiger partial charge in [0.2, 0.25) is 0 Å². The van der Waals surface area contributed by atoms with Gasteiger partial charge in [0.25, 0.3) is 5.91 Å². The standard InChI is InChI=1S/C18H22N2O/c1-10-8-12(3)16(13(4)9-10)18(21)20-17-14(5)11(2)6-7-15(17)19/h6-9H,19H2,1-5H3,(H,20,21). The predicted octanol–water partition coefficient (Wildman–Crippen LogP) is 4.06. The largest absolute Gasteiger partial charge is 0.397 e. The van der Waals surface area contributed by atoms with Gasteiger partial charge in [-0.05, 0) is 62.9 Å². The lowest BCUT2D eigenvalue weighted by Crippen LogP contribution is -2.17. The van der Waals surface area contributed by atoms with Crippen LogP contribution in [0, 0.1) is 34.6 Å². The van der Waals surface area contributed by atoms with Gasteiger partial charge in [-0.25, -0.2) is 0 Å². The Kier molecular flexibility index (Phi) is 4.03. The van der Waals surface area contributed by atoms with Crippen LogP contribution in [0.1, 0.15) is 38.2 Å². The number of benzene rings is 2. The van der Waals surface area contributed by atoms with Gasteiger partial charge in [-0.1, -0.05) is 23.8 Å². The smallest absolute Gasteiger partial charge is 0.256 e. The Balaban J connectivity index is 2.42. The first-order chi connectivity index (χ1) is 9.81. The van der Waals surface area contributed by atoms with Crippen LogP contribution in [0.2, 0.25) is 0 Å². The van der Waals surface area contributed by atoms with E-state index in [2.05, 4.69) is 5.32 Å². The molecule has 0 aromatic heterocycles. The maximum Gasteiger partial charge on any atom is 0.256 e. The minimum Gasteiger partial charge on any atom is -0.397 e. The van der Waals surface area contributed by atoms with Gasteiger partial charge in [-0.3, -0.25) is 4.79 Å². The molecule has 0 fully saturated rings. The van der Waals surface area contributed by atoms with E-state index in [-0.39, 0.29) is 5.91 Å². The number of carbonyl (C=O) groups is 1. The fraction of sp³-hybridized carbons (Fsp3) is 0.278. The minimum atomic E-state index is -0.106. The summed E-state index contributed by atoms with van der Waals surface area (Å²) in [4.78, 5) is 12.6. The molecule has 3 heteroatoms. The number of amides is 1. The van der Waals surface area contributed by atoms with Crippen molar-refractivity contribution in [2.75, 3.05) is 11.1 Å². The molecule has 1 amide bonds. The molecular weight excluding hydrogens is 260 g/mol. The second-order valence-electron chi connectivity index (χ2n) is 5.70. The molecule has 0 saturated heterocycles. The Morgan fingerprint density at radius 2 is 1.52 bits per heavy atom. The maximum atomic E-state index is 12.6. The Morgan fingerprint density at radius 1 is 0.952 bits per heavy atom. The number of nitrogen functional groups attached to an aromatic ring is 1. The molecule has 0 radical (unpaired) electrons.